The molecule has 3 aromatic rings. The number of fused-ring (bicyclic) bond motifs is 8. The first-order valence-electron chi connectivity index (χ1n) is 20.7. The number of aromatic amines is 2. The van der Waals surface area contributed by atoms with Crippen molar-refractivity contribution >= 4 is 45.2 Å². The van der Waals surface area contributed by atoms with Gasteiger partial charge in [-0.2, -0.15) is 0 Å². The normalized spacial score (nSPS) is 15.4. The molecule has 5 rings (SSSR count). The molecular formula is C46H65N5O7. The van der Waals surface area contributed by atoms with E-state index in [4.69, 9.17) is 38.4 Å². The van der Waals surface area contributed by atoms with Gasteiger partial charge in [-0.1, -0.05) is 26.5 Å². The molecule has 58 heavy (non-hydrogen) atoms. The Morgan fingerprint density at radius 1 is 0.741 bits per heavy atom. The molecule has 5 heterocycles. The molecule has 0 saturated carbocycles. The average Bonchev–Trinajstić information content (AvgIpc) is 3.92. The van der Waals surface area contributed by atoms with E-state index in [1.54, 1.807) is 14.2 Å². The van der Waals surface area contributed by atoms with Gasteiger partial charge in [0.1, 0.15) is 0 Å². The third-order valence-electron chi connectivity index (χ3n) is 11.3. The minimum atomic E-state index is 0.0261. The number of carbonyl (C=O) groups is 1. The maximum absolute atomic E-state index is 14.0. The van der Waals surface area contributed by atoms with Crippen LogP contribution in [0.5, 0.6) is 0 Å². The third-order valence-corrected chi connectivity index (χ3v) is 11.3. The van der Waals surface area contributed by atoms with Gasteiger partial charge in [0, 0.05) is 84.6 Å². The predicted octanol–water partition coefficient (Wildman–Crippen LogP) is 8.08. The van der Waals surface area contributed by atoms with E-state index in [0.717, 1.165) is 73.5 Å². The van der Waals surface area contributed by atoms with Gasteiger partial charge in [-0.3, -0.25) is 9.78 Å². The van der Waals surface area contributed by atoms with Crippen molar-refractivity contribution in [1.29, 1.82) is 0 Å². The second-order valence-corrected chi connectivity index (χ2v) is 15.0. The lowest BCUT2D eigenvalue weighted by Gasteiger charge is -2.24. The number of allylic oxidation sites excluding steroid dienone is 2. The summed E-state index contributed by atoms with van der Waals surface area (Å²) in [6, 6.07) is 8.70. The maximum Gasteiger partial charge on any atom is 0.222 e. The Morgan fingerprint density at radius 2 is 1.31 bits per heavy atom. The fraction of sp³-hybridized carbons (Fsp3) is 0.543. The summed E-state index contributed by atoms with van der Waals surface area (Å²) in [6.07, 6.45) is 3.80. The minimum Gasteiger partial charge on any atom is -0.382 e. The van der Waals surface area contributed by atoms with Gasteiger partial charge in [-0.25, -0.2) is 4.98 Å². The first-order valence-corrected chi connectivity index (χ1v) is 20.7. The van der Waals surface area contributed by atoms with Gasteiger partial charge in [0.15, 0.2) is 0 Å². The monoisotopic (exact) mass is 799 g/mol. The molecule has 2 aliphatic rings. The minimum absolute atomic E-state index is 0.0261. The lowest BCUT2D eigenvalue weighted by atomic mass is 9.86. The van der Waals surface area contributed by atoms with E-state index in [0.29, 0.717) is 92.0 Å². The molecular weight excluding hydrogens is 735 g/mol. The Labute approximate surface area is 344 Å². The number of hydrogen-bond acceptors (Lipinski definition) is 9. The summed E-state index contributed by atoms with van der Waals surface area (Å²) in [5, 5.41) is 0. The Hall–Kier alpha value is -4.17. The fourth-order valence-electron chi connectivity index (χ4n) is 7.75. The summed E-state index contributed by atoms with van der Waals surface area (Å²) in [5.74, 6) is 0.160. The molecule has 0 saturated heterocycles. The summed E-state index contributed by atoms with van der Waals surface area (Å²) >= 11 is 0. The number of H-pyrrole nitrogens is 2. The van der Waals surface area contributed by atoms with Gasteiger partial charge < -0.3 is 43.3 Å². The molecule has 0 fully saturated rings. The summed E-state index contributed by atoms with van der Waals surface area (Å²) in [5.41, 5.74) is 14.8. The van der Waals surface area contributed by atoms with Crippen molar-refractivity contribution in [2.24, 2.45) is 0 Å². The van der Waals surface area contributed by atoms with Gasteiger partial charge >= 0.3 is 0 Å². The molecule has 0 spiro atoms. The second-order valence-electron chi connectivity index (χ2n) is 15.0. The van der Waals surface area contributed by atoms with Crippen molar-refractivity contribution in [2.45, 2.75) is 72.6 Å². The summed E-state index contributed by atoms with van der Waals surface area (Å²) in [4.78, 5) is 33.8. The standard InChI is InChI=1S/C46H65N5O7/c1-10-35-32(5)41-29-44-36(11-2)31(4)40(48-44)28-42-33(6)37(46(50-42)34(7)39-26-30(3)38(47-39)27-43(35)49-41)12-13-45(52)51(14-16-55-22-24-57-20-18-53-8)15-17-56-23-25-58-21-19-54-9/h11,26-29,33,37,47-48H,2,10,12-25H2,1,3-9H3/t33-,37-/m0/s1. The number of ether oxygens (including phenoxy) is 6. The van der Waals surface area contributed by atoms with E-state index in [-0.39, 0.29) is 17.7 Å². The molecule has 0 radical (unpaired) electrons. The topological polar surface area (TPSA) is 133 Å². The average molecular weight is 800 g/mol. The fourth-order valence-corrected chi connectivity index (χ4v) is 7.75. The Kier molecular flexibility index (Phi) is 17.2. The number of carbonyl (C=O) groups excluding carboxylic acids is 1. The van der Waals surface area contributed by atoms with Crippen LogP contribution in [0.4, 0.5) is 0 Å². The number of aromatic nitrogens is 4. The molecule has 1 amide bonds. The van der Waals surface area contributed by atoms with Crippen LogP contribution in [-0.2, 0) is 33.2 Å². The molecule has 2 aliphatic heterocycles. The lowest BCUT2D eigenvalue weighted by Crippen LogP contribution is -2.37. The van der Waals surface area contributed by atoms with Crippen LogP contribution < -0.4 is 0 Å². The number of amides is 1. The molecule has 12 heteroatoms. The number of nitrogens with one attached hydrogen (secondary N) is 2. The van der Waals surface area contributed by atoms with Crippen LogP contribution in [-0.4, -0.2) is 124 Å². The van der Waals surface area contributed by atoms with E-state index in [1.165, 1.54) is 11.1 Å². The van der Waals surface area contributed by atoms with E-state index in [9.17, 15) is 4.79 Å². The molecule has 3 aromatic heterocycles. The molecule has 2 N–H and O–H groups in total. The van der Waals surface area contributed by atoms with E-state index >= 15 is 0 Å². The highest BCUT2D eigenvalue weighted by Crippen LogP contribution is 2.42. The summed E-state index contributed by atoms with van der Waals surface area (Å²) < 4.78 is 32.8. The van der Waals surface area contributed by atoms with Gasteiger partial charge in [0.05, 0.1) is 77.5 Å². The van der Waals surface area contributed by atoms with Crippen LogP contribution in [0.3, 0.4) is 0 Å². The van der Waals surface area contributed by atoms with Crippen molar-refractivity contribution < 1.29 is 33.2 Å². The molecule has 0 unspecified atom stereocenters. The van der Waals surface area contributed by atoms with Crippen LogP contribution in [0.15, 0.2) is 30.8 Å². The van der Waals surface area contributed by atoms with Crippen LogP contribution in [0.25, 0.3) is 39.3 Å². The van der Waals surface area contributed by atoms with Gasteiger partial charge in [-0.15, -0.1) is 0 Å². The van der Waals surface area contributed by atoms with E-state index < -0.39 is 0 Å². The Morgan fingerprint density at radius 3 is 1.91 bits per heavy atom. The van der Waals surface area contributed by atoms with Gasteiger partial charge in [0.2, 0.25) is 5.91 Å². The third kappa shape index (κ3) is 11.3. The molecule has 12 nitrogen and oxygen atoms in total. The molecule has 8 bridgehead atoms. The van der Waals surface area contributed by atoms with E-state index in [2.05, 4.69) is 82.4 Å². The SMILES string of the molecule is C=Cc1c(C)c2cc3nc(c(C)c4cc(C)c(cc5nc(cc1[nH]2)C(C)=C5CC)[nH]4)[C@@H](CCC(=O)N(CCOCCOCCOC)CCOCCOCCOC)[C@@H]3C. The van der Waals surface area contributed by atoms with Gasteiger partial charge in [0.25, 0.3) is 0 Å². The zero-order chi connectivity index (χ0) is 41.6. The first-order chi connectivity index (χ1) is 28.1. The Balaban J connectivity index is 1.43. The van der Waals surface area contributed by atoms with E-state index in [1.807, 2.05) is 11.0 Å². The number of rotatable bonds is 23. The van der Waals surface area contributed by atoms with Crippen LogP contribution in [0, 0.1) is 20.8 Å². The Bertz CT molecular complexity index is 2030. The van der Waals surface area contributed by atoms with Crippen LogP contribution in [0.1, 0.15) is 96.9 Å². The van der Waals surface area contributed by atoms with Crippen molar-refractivity contribution in [2.75, 3.05) is 93.4 Å². The number of hydrogen-bond donors (Lipinski definition) is 2. The largest absolute Gasteiger partial charge is 0.382 e. The van der Waals surface area contributed by atoms with Crippen molar-refractivity contribution in [3.8, 4) is 0 Å². The number of methoxy groups -OCH3 is 2. The lowest BCUT2D eigenvalue weighted by molar-refractivity contribution is -0.133. The summed E-state index contributed by atoms with van der Waals surface area (Å²) in [6.45, 7) is 22.8. The van der Waals surface area contributed by atoms with Gasteiger partial charge in [-0.05, 0) is 92.6 Å². The molecule has 316 valence electrons. The molecule has 0 aliphatic carbocycles. The quantitative estimate of drug-likeness (QED) is 0.0914. The zero-order valence-electron chi connectivity index (χ0n) is 36.1. The van der Waals surface area contributed by atoms with Crippen molar-refractivity contribution in [3.05, 3.63) is 75.9 Å². The first kappa shape index (κ1) is 44.9. The van der Waals surface area contributed by atoms with Crippen molar-refractivity contribution in [3.63, 3.8) is 0 Å². The highest BCUT2D eigenvalue weighted by Gasteiger charge is 2.31. The second kappa shape index (κ2) is 22.3. The van der Waals surface area contributed by atoms with Crippen LogP contribution >= 0.6 is 0 Å². The number of nitrogens with zero attached hydrogens (tertiary/aromatic N) is 3. The van der Waals surface area contributed by atoms with Crippen LogP contribution in [0.2, 0.25) is 0 Å². The predicted molar refractivity (Wildman–Crippen MR) is 232 cm³/mol. The highest BCUT2D eigenvalue weighted by atomic mass is 16.5. The number of aryl methyl sites for hydroxylation is 3. The smallest absolute Gasteiger partial charge is 0.222 e. The molecule has 0 aromatic carbocycles. The highest BCUT2D eigenvalue weighted by molar-refractivity contribution is 5.93. The maximum atomic E-state index is 14.0. The van der Waals surface area contributed by atoms with Crippen molar-refractivity contribution in [1.82, 2.24) is 24.8 Å². The zero-order valence-corrected chi connectivity index (χ0v) is 36.1. The summed E-state index contributed by atoms with van der Waals surface area (Å²) in [7, 11) is 3.29. The molecule has 2 atom stereocenters.